The van der Waals surface area contributed by atoms with Crippen molar-refractivity contribution >= 4 is 22.8 Å². The van der Waals surface area contributed by atoms with Crippen LogP contribution in [-0.4, -0.2) is 18.4 Å². The fourth-order valence-corrected chi connectivity index (χ4v) is 2.48. The second kappa shape index (κ2) is 7.17. The van der Waals surface area contributed by atoms with Crippen LogP contribution < -0.4 is 10.6 Å². The zero-order valence-electron chi connectivity index (χ0n) is 13.6. The Morgan fingerprint density at radius 3 is 2.60 bits per heavy atom. The van der Waals surface area contributed by atoms with Gasteiger partial charge in [0.2, 0.25) is 5.91 Å². The zero-order valence-corrected chi connectivity index (χ0v) is 13.6. The maximum absolute atomic E-state index is 13.5. The maximum atomic E-state index is 13.5. The van der Waals surface area contributed by atoms with Gasteiger partial charge in [-0.3, -0.25) is 9.59 Å². The smallest absolute Gasteiger partial charge is 0.254 e. The van der Waals surface area contributed by atoms with Gasteiger partial charge in [0.15, 0.2) is 0 Å². The first-order valence-corrected chi connectivity index (χ1v) is 7.85. The van der Waals surface area contributed by atoms with Crippen molar-refractivity contribution in [2.24, 2.45) is 0 Å². The molecule has 1 aromatic heterocycles. The molecule has 0 fully saturated rings. The predicted molar refractivity (Wildman–Crippen MR) is 91.5 cm³/mol. The third-order valence-electron chi connectivity index (χ3n) is 3.78. The lowest BCUT2D eigenvalue weighted by Crippen LogP contribution is -2.38. The second-order valence-electron chi connectivity index (χ2n) is 5.64. The summed E-state index contributed by atoms with van der Waals surface area (Å²) < 4.78 is 19.2. The largest absolute Gasteiger partial charge is 0.459 e. The van der Waals surface area contributed by atoms with Crippen LogP contribution in [0, 0.1) is 5.82 Å². The Bertz CT molecular complexity index is 887. The van der Waals surface area contributed by atoms with E-state index >= 15 is 0 Å². The Hall–Kier alpha value is -3.15. The third kappa shape index (κ3) is 3.85. The number of hydrogen-bond donors (Lipinski definition) is 2. The number of nitrogens with one attached hydrogen (secondary N) is 2. The average Bonchev–Trinajstić information content (AvgIpc) is 3.04. The molecule has 0 aliphatic rings. The summed E-state index contributed by atoms with van der Waals surface area (Å²) in [6, 6.07) is 14.7. The summed E-state index contributed by atoms with van der Waals surface area (Å²) in [6.45, 7) is 1.53. The Labute approximate surface area is 143 Å². The fourth-order valence-electron chi connectivity index (χ4n) is 2.48. The molecule has 3 aromatic rings. The molecule has 25 heavy (non-hydrogen) atoms. The van der Waals surface area contributed by atoms with Gasteiger partial charge in [-0.15, -0.1) is 0 Å². The summed E-state index contributed by atoms with van der Waals surface area (Å²) >= 11 is 0. The molecule has 128 valence electrons. The van der Waals surface area contributed by atoms with E-state index in [0.29, 0.717) is 5.76 Å². The van der Waals surface area contributed by atoms with Crippen LogP contribution in [0.1, 0.15) is 29.1 Å². The van der Waals surface area contributed by atoms with E-state index in [9.17, 15) is 14.0 Å². The fraction of sp³-hybridized carbons (Fsp3) is 0.158. The Morgan fingerprint density at radius 1 is 1.12 bits per heavy atom. The van der Waals surface area contributed by atoms with E-state index in [1.165, 1.54) is 18.2 Å². The number of benzene rings is 2. The lowest BCUT2D eigenvalue weighted by atomic mass is 10.2. The SMILES string of the molecule is CC(NC(=O)CNC(=O)c1ccccc1F)c1cc2ccccc2o1. The molecule has 0 aliphatic carbocycles. The van der Waals surface area contributed by atoms with Crippen molar-refractivity contribution in [1.29, 1.82) is 0 Å². The van der Waals surface area contributed by atoms with Gasteiger partial charge < -0.3 is 15.1 Å². The van der Waals surface area contributed by atoms with Gasteiger partial charge in [0, 0.05) is 5.39 Å². The minimum Gasteiger partial charge on any atom is -0.459 e. The quantitative estimate of drug-likeness (QED) is 0.749. The summed E-state index contributed by atoms with van der Waals surface area (Å²) in [5, 5.41) is 6.09. The van der Waals surface area contributed by atoms with Crippen LogP contribution in [0.2, 0.25) is 0 Å². The molecule has 3 rings (SSSR count). The third-order valence-corrected chi connectivity index (χ3v) is 3.78. The minimum absolute atomic E-state index is 0.0966. The minimum atomic E-state index is -0.635. The molecular weight excluding hydrogens is 323 g/mol. The molecule has 1 unspecified atom stereocenters. The average molecular weight is 340 g/mol. The first-order chi connectivity index (χ1) is 12.0. The van der Waals surface area contributed by atoms with Crippen molar-refractivity contribution in [2.45, 2.75) is 13.0 Å². The Balaban J connectivity index is 1.57. The molecule has 2 aromatic carbocycles. The van der Waals surface area contributed by atoms with Crippen LogP contribution in [0.4, 0.5) is 4.39 Å². The molecular formula is C19H17FN2O3. The normalized spacial score (nSPS) is 11.9. The number of amides is 2. The molecule has 6 heteroatoms. The molecule has 0 aliphatic heterocycles. The van der Waals surface area contributed by atoms with Crippen LogP contribution >= 0.6 is 0 Å². The van der Waals surface area contributed by atoms with E-state index < -0.39 is 17.6 Å². The van der Waals surface area contributed by atoms with Gasteiger partial charge in [0.25, 0.3) is 5.91 Å². The highest BCUT2D eigenvalue weighted by atomic mass is 19.1. The maximum Gasteiger partial charge on any atom is 0.254 e. The van der Waals surface area contributed by atoms with Crippen molar-refractivity contribution < 1.29 is 18.4 Å². The topological polar surface area (TPSA) is 71.3 Å². The predicted octanol–water partition coefficient (Wildman–Crippen LogP) is 3.18. The van der Waals surface area contributed by atoms with Gasteiger partial charge in [-0.1, -0.05) is 30.3 Å². The van der Waals surface area contributed by atoms with Crippen LogP contribution in [0.3, 0.4) is 0 Å². The summed E-state index contributed by atoms with van der Waals surface area (Å²) in [5.74, 6) is -1.03. The van der Waals surface area contributed by atoms with E-state index in [0.717, 1.165) is 11.0 Å². The van der Waals surface area contributed by atoms with Gasteiger partial charge in [-0.25, -0.2) is 4.39 Å². The van der Waals surface area contributed by atoms with Crippen molar-refractivity contribution in [2.75, 3.05) is 6.54 Å². The second-order valence-corrected chi connectivity index (χ2v) is 5.64. The monoisotopic (exact) mass is 340 g/mol. The van der Waals surface area contributed by atoms with E-state index in [-0.39, 0.29) is 18.2 Å². The van der Waals surface area contributed by atoms with Crippen molar-refractivity contribution in [1.82, 2.24) is 10.6 Å². The van der Waals surface area contributed by atoms with Gasteiger partial charge >= 0.3 is 0 Å². The van der Waals surface area contributed by atoms with E-state index in [1.807, 2.05) is 30.3 Å². The Kier molecular flexibility index (Phi) is 4.79. The highest BCUT2D eigenvalue weighted by Gasteiger charge is 2.16. The highest BCUT2D eigenvalue weighted by Crippen LogP contribution is 2.23. The number of rotatable bonds is 5. The molecule has 1 atom stereocenters. The molecule has 5 nitrogen and oxygen atoms in total. The zero-order chi connectivity index (χ0) is 17.8. The standard InChI is InChI=1S/C19H17FN2O3/c1-12(17-10-13-6-2-5-9-16(13)25-17)22-18(23)11-21-19(24)14-7-3-4-8-15(14)20/h2-10,12H,11H2,1H3,(H,21,24)(H,22,23). The molecule has 2 N–H and O–H groups in total. The van der Waals surface area contributed by atoms with Crippen molar-refractivity contribution in [3.05, 3.63) is 71.7 Å². The first kappa shape index (κ1) is 16.7. The summed E-state index contributed by atoms with van der Waals surface area (Å²) in [6.07, 6.45) is 0. The molecule has 0 spiro atoms. The lowest BCUT2D eigenvalue weighted by molar-refractivity contribution is -0.120. The van der Waals surface area contributed by atoms with Crippen LogP contribution in [-0.2, 0) is 4.79 Å². The molecule has 2 amide bonds. The van der Waals surface area contributed by atoms with Gasteiger partial charge in [0.05, 0.1) is 18.2 Å². The molecule has 0 saturated carbocycles. The van der Waals surface area contributed by atoms with Gasteiger partial charge in [-0.05, 0) is 31.2 Å². The lowest BCUT2D eigenvalue weighted by Gasteiger charge is -2.12. The number of halogens is 1. The van der Waals surface area contributed by atoms with Crippen LogP contribution in [0.25, 0.3) is 11.0 Å². The molecule has 0 radical (unpaired) electrons. The van der Waals surface area contributed by atoms with E-state index in [4.69, 9.17) is 4.42 Å². The van der Waals surface area contributed by atoms with Gasteiger partial charge in [0.1, 0.15) is 17.2 Å². The highest BCUT2D eigenvalue weighted by molar-refractivity contribution is 5.96. The number of fused-ring (bicyclic) bond motifs is 1. The van der Waals surface area contributed by atoms with Crippen LogP contribution in [0.15, 0.2) is 59.0 Å². The molecule has 0 saturated heterocycles. The number of hydrogen-bond acceptors (Lipinski definition) is 3. The summed E-state index contributed by atoms with van der Waals surface area (Å²) in [7, 11) is 0. The number of carbonyl (C=O) groups is 2. The van der Waals surface area contributed by atoms with Crippen LogP contribution in [0.5, 0.6) is 0 Å². The Morgan fingerprint density at radius 2 is 1.84 bits per heavy atom. The van der Waals surface area contributed by atoms with Gasteiger partial charge in [-0.2, -0.15) is 0 Å². The van der Waals surface area contributed by atoms with Crippen molar-refractivity contribution in [3.63, 3.8) is 0 Å². The summed E-state index contributed by atoms with van der Waals surface area (Å²) in [5.41, 5.74) is 0.645. The number of carbonyl (C=O) groups excluding carboxylic acids is 2. The van der Waals surface area contributed by atoms with E-state index in [1.54, 1.807) is 13.0 Å². The van der Waals surface area contributed by atoms with E-state index in [2.05, 4.69) is 10.6 Å². The molecule has 0 bridgehead atoms. The first-order valence-electron chi connectivity index (χ1n) is 7.85. The number of para-hydroxylation sites is 1. The molecule has 1 heterocycles. The number of furan rings is 1. The summed E-state index contributed by atoms with van der Waals surface area (Å²) in [4.78, 5) is 23.9. The van der Waals surface area contributed by atoms with Crippen molar-refractivity contribution in [3.8, 4) is 0 Å².